The lowest BCUT2D eigenvalue weighted by molar-refractivity contribution is 0.0940. The third-order valence-electron chi connectivity index (χ3n) is 3.35. The molecule has 0 bridgehead atoms. The van der Waals surface area contributed by atoms with Gasteiger partial charge in [0, 0.05) is 19.1 Å². The number of halogens is 1. The number of hydrogen-bond acceptors (Lipinski definition) is 4. The van der Waals surface area contributed by atoms with Crippen LogP contribution in [0.25, 0.3) is 0 Å². The second-order valence-electron chi connectivity index (χ2n) is 4.24. The molecule has 2 fully saturated rings. The number of nitrogens with one attached hydrogen (secondary N) is 2. The molecule has 0 spiro atoms. The van der Waals surface area contributed by atoms with Crippen molar-refractivity contribution in [2.75, 3.05) is 13.1 Å². The second kappa shape index (κ2) is 4.07. The number of carbonyl (C=O) groups is 1. The highest BCUT2D eigenvalue weighted by atomic mass is 35.5. The monoisotopic (exact) mass is 243 g/mol. The van der Waals surface area contributed by atoms with E-state index in [1.165, 1.54) is 6.39 Å². The average molecular weight is 244 g/mol. The summed E-state index contributed by atoms with van der Waals surface area (Å²) in [5.41, 5.74) is 0.410. The van der Waals surface area contributed by atoms with Gasteiger partial charge in [0.05, 0.1) is 0 Å². The van der Waals surface area contributed by atoms with Crippen LogP contribution in [0.15, 0.2) is 10.8 Å². The van der Waals surface area contributed by atoms with Crippen LogP contribution in [0.5, 0.6) is 0 Å². The molecule has 2 heterocycles. The summed E-state index contributed by atoms with van der Waals surface area (Å²) in [4.78, 5) is 15.7. The molecule has 1 saturated carbocycles. The maximum atomic E-state index is 11.8. The largest absolute Gasteiger partial charge is 0.448 e. The van der Waals surface area contributed by atoms with Crippen LogP contribution in [0.2, 0.25) is 0 Å². The lowest BCUT2D eigenvalue weighted by Crippen LogP contribution is -2.33. The van der Waals surface area contributed by atoms with Gasteiger partial charge in [0.1, 0.15) is 5.76 Å². The molecule has 5 nitrogen and oxygen atoms in total. The molecule has 0 radical (unpaired) electrons. The van der Waals surface area contributed by atoms with Crippen molar-refractivity contribution in [2.24, 2.45) is 11.8 Å². The molecule has 88 valence electrons. The lowest BCUT2D eigenvalue weighted by atomic mass is 10.3. The van der Waals surface area contributed by atoms with Crippen LogP contribution in [0.4, 0.5) is 0 Å². The van der Waals surface area contributed by atoms with Gasteiger partial charge in [0.25, 0.3) is 5.91 Å². The van der Waals surface area contributed by atoms with Crippen LogP contribution >= 0.6 is 12.4 Å². The minimum Gasteiger partial charge on any atom is -0.448 e. The van der Waals surface area contributed by atoms with E-state index in [2.05, 4.69) is 15.6 Å². The molecule has 1 aliphatic carbocycles. The Morgan fingerprint density at radius 2 is 2.25 bits per heavy atom. The van der Waals surface area contributed by atoms with Crippen LogP contribution in [0.1, 0.15) is 16.2 Å². The first-order chi connectivity index (χ1) is 7.27. The number of amides is 1. The highest BCUT2D eigenvalue weighted by Crippen LogP contribution is 2.41. The van der Waals surface area contributed by atoms with E-state index in [4.69, 9.17) is 4.42 Å². The molecule has 2 N–H and O–H groups in total. The first kappa shape index (κ1) is 11.4. The van der Waals surface area contributed by atoms with Crippen LogP contribution in [-0.4, -0.2) is 30.0 Å². The number of nitrogens with zero attached hydrogens (tertiary/aromatic N) is 1. The maximum Gasteiger partial charge on any atom is 0.273 e. The smallest absolute Gasteiger partial charge is 0.273 e. The molecule has 1 saturated heterocycles. The zero-order valence-corrected chi connectivity index (χ0v) is 9.71. The molecule has 2 aliphatic rings. The highest BCUT2D eigenvalue weighted by molar-refractivity contribution is 5.93. The summed E-state index contributed by atoms with van der Waals surface area (Å²) < 4.78 is 5.00. The van der Waals surface area contributed by atoms with Crippen molar-refractivity contribution >= 4 is 18.3 Å². The van der Waals surface area contributed by atoms with Crippen LogP contribution < -0.4 is 10.6 Å². The summed E-state index contributed by atoms with van der Waals surface area (Å²) in [5.74, 6) is 1.72. The fraction of sp³-hybridized carbons (Fsp3) is 0.600. The molecule has 1 aromatic heterocycles. The summed E-state index contributed by atoms with van der Waals surface area (Å²) >= 11 is 0. The number of aromatic nitrogens is 1. The zero-order valence-electron chi connectivity index (χ0n) is 8.90. The Bertz CT molecular complexity index is 397. The zero-order chi connectivity index (χ0) is 10.4. The third-order valence-corrected chi connectivity index (χ3v) is 3.35. The molecule has 1 aliphatic heterocycles. The second-order valence-corrected chi connectivity index (χ2v) is 4.24. The number of oxazole rings is 1. The lowest BCUT2D eigenvalue weighted by Gasteiger charge is -2.05. The Balaban J connectivity index is 0.000000963. The SMILES string of the molecule is Cc1ocnc1C(=O)NC1C2CNCC21.Cl. The van der Waals surface area contributed by atoms with Gasteiger partial charge in [-0.2, -0.15) is 0 Å². The van der Waals surface area contributed by atoms with Crippen molar-refractivity contribution in [2.45, 2.75) is 13.0 Å². The molecule has 2 atom stereocenters. The van der Waals surface area contributed by atoms with Crippen molar-refractivity contribution in [3.63, 3.8) is 0 Å². The van der Waals surface area contributed by atoms with Crippen molar-refractivity contribution < 1.29 is 9.21 Å². The number of fused-ring (bicyclic) bond motifs is 1. The van der Waals surface area contributed by atoms with Gasteiger partial charge < -0.3 is 15.1 Å². The molecular weight excluding hydrogens is 230 g/mol. The summed E-state index contributed by atoms with van der Waals surface area (Å²) in [6, 6.07) is 0.342. The number of aryl methyl sites for hydroxylation is 1. The first-order valence-corrected chi connectivity index (χ1v) is 5.19. The number of rotatable bonds is 2. The Labute approximate surface area is 99.4 Å². The van der Waals surface area contributed by atoms with Gasteiger partial charge in [-0.25, -0.2) is 4.98 Å². The predicted octanol–water partition coefficient (Wildman–Crippen LogP) is 0.352. The summed E-state index contributed by atoms with van der Waals surface area (Å²) in [6.45, 7) is 3.79. The minimum atomic E-state index is -0.111. The van der Waals surface area contributed by atoms with E-state index in [0.717, 1.165) is 13.1 Å². The van der Waals surface area contributed by atoms with E-state index >= 15 is 0 Å². The fourth-order valence-corrected chi connectivity index (χ4v) is 2.38. The van der Waals surface area contributed by atoms with Gasteiger partial charge in [-0.15, -0.1) is 12.4 Å². The molecule has 16 heavy (non-hydrogen) atoms. The number of piperidine rings is 1. The highest BCUT2D eigenvalue weighted by Gasteiger charge is 2.53. The predicted molar refractivity (Wildman–Crippen MR) is 59.6 cm³/mol. The number of carbonyl (C=O) groups excluding carboxylic acids is 1. The van der Waals surface area contributed by atoms with E-state index in [1.807, 2.05) is 0 Å². The van der Waals surface area contributed by atoms with Gasteiger partial charge in [0.2, 0.25) is 0 Å². The van der Waals surface area contributed by atoms with E-state index in [9.17, 15) is 4.79 Å². The molecule has 6 heteroatoms. The van der Waals surface area contributed by atoms with Crippen LogP contribution in [0.3, 0.4) is 0 Å². The molecule has 3 rings (SSSR count). The number of hydrogen-bond donors (Lipinski definition) is 2. The van der Waals surface area contributed by atoms with Crippen molar-refractivity contribution in [3.05, 3.63) is 17.8 Å². The van der Waals surface area contributed by atoms with E-state index in [1.54, 1.807) is 6.92 Å². The molecule has 1 amide bonds. The maximum absolute atomic E-state index is 11.8. The Morgan fingerprint density at radius 3 is 2.81 bits per heavy atom. The Kier molecular flexibility index (Phi) is 2.90. The van der Waals surface area contributed by atoms with Gasteiger partial charge in [-0.3, -0.25) is 4.79 Å². The molecular formula is C10H14ClN3O2. The van der Waals surface area contributed by atoms with Crippen molar-refractivity contribution in [1.29, 1.82) is 0 Å². The van der Waals surface area contributed by atoms with Crippen LogP contribution in [0, 0.1) is 18.8 Å². The van der Waals surface area contributed by atoms with Crippen molar-refractivity contribution in [1.82, 2.24) is 15.6 Å². The summed E-state index contributed by atoms with van der Waals surface area (Å²) in [6.07, 6.45) is 1.31. The van der Waals surface area contributed by atoms with Gasteiger partial charge in [0.15, 0.2) is 12.1 Å². The van der Waals surface area contributed by atoms with E-state index in [-0.39, 0.29) is 18.3 Å². The average Bonchev–Trinajstić information content (AvgIpc) is 2.66. The van der Waals surface area contributed by atoms with E-state index in [0.29, 0.717) is 29.3 Å². The van der Waals surface area contributed by atoms with Crippen LogP contribution in [-0.2, 0) is 0 Å². The summed E-state index contributed by atoms with van der Waals surface area (Å²) in [5, 5.41) is 6.28. The fourth-order valence-electron chi connectivity index (χ4n) is 2.38. The Morgan fingerprint density at radius 1 is 1.56 bits per heavy atom. The first-order valence-electron chi connectivity index (χ1n) is 5.19. The topological polar surface area (TPSA) is 67.2 Å². The minimum absolute atomic E-state index is 0. The molecule has 2 unspecified atom stereocenters. The Hall–Kier alpha value is -1.07. The molecule has 0 aromatic carbocycles. The molecule has 1 aromatic rings. The third kappa shape index (κ3) is 1.70. The van der Waals surface area contributed by atoms with Gasteiger partial charge in [-0.1, -0.05) is 0 Å². The van der Waals surface area contributed by atoms with Gasteiger partial charge >= 0.3 is 0 Å². The normalized spacial score (nSPS) is 30.4. The van der Waals surface area contributed by atoms with Gasteiger partial charge in [-0.05, 0) is 18.8 Å². The standard InChI is InChI=1S/C10H13N3O2.ClH/c1-5-8(12-4-15-5)10(14)13-9-6-2-11-3-7(6)9;/h4,6-7,9,11H,2-3H2,1H3,(H,13,14);1H. The van der Waals surface area contributed by atoms with Crippen molar-refractivity contribution in [3.8, 4) is 0 Å². The quantitative estimate of drug-likeness (QED) is 0.787. The van der Waals surface area contributed by atoms with E-state index < -0.39 is 0 Å². The summed E-state index contributed by atoms with van der Waals surface area (Å²) in [7, 11) is 0.